The van der Waals surface area contributed by atoms with Gasteiger partial charge in [0.2, 0.25) is 15.9 Å². The van der Waals surface area contributed by atoms with E-state index >= 15 is 0 Å². The van der Waals surface area contributed by atoms with E-state index in [1.54, 1.807) is 13.0 Å². The summed E-state index contributed by atoms with van der Waals surface area (Å²) in [5, 5.41) is 14.0. The average Bonchev–Trinajstić information content (AvgIpc) is 2.74. The first-order chi connectivity index (χ1) is 14.7. The van der Waals surface area contributed by atoms with E-state index in [-0.39, 0.29) is 22.2 Å². The molecule has 1 saturated heterocycles. The number of non-ortho nitro benzene ring substituents is 1. The van der Waals surface area contributed by atoms with Gasteiger partial charge in [0.05, 0.1) is 15.7 Å². The molecule has 12 heteroatoms. The quantitative estimate of drug-likeness (QED) is 0.374. The number of likely N-dealkylation sites (N-methyl/N-ethyl adjacent to an activating group) is 1. The minimum Gasteiger partial charge on any atom is -0.325 e. The van der Waals surface area contributed by atoms with Crippen LogP contribution in [-0.4, -0.2) is 72.4 Å². The van der Waals surface area contributed by atoms with Crippen LogP contribution in [0.15, 0.2) is 46.5 Å². The van der Waals surface area contributed by atoms with E-state index in [4.69, 9.17) is 0 Å². The number of hydrogen-bond acceptors (Lipinski definition) is 8. The number of amides is 1. The Labute approximate surface area is 184 Å². The van der Waals surface area contributed by atoms with Crippen molar-refractivity contribution >= 4 is 39.1 Å². The number of piperazine rings is 1. The zero-order valence-electron chi connectivity index (χ0n) is 17.1. The SMILES string of the molecule is Cc1cc([N+](=O)[O-])ccc1NC(=O)CSc1ccc(S(=O)(=O)N2CCN(C)CC2)cn1. The summed E-state index contributed by atoms with van der Waals surface area (Å²) < 4.78 is 26.9. The van der Waals surface area contributed by atoms with Gasteiger partial charge in [0.15, 0.2) is 0 Å². The number of nitro groups is 1. The molecule has 166 valence electrons. The van der Waals surface area contributed by atoms with Crippen LogP contribution < -0.4 is 5.32 Å². The standard InChI is InChI=1S/C19H23N5O5S2/c1-14-11-15(24(26)27)3-5-17(14)21-18(25)13-30-19-6-4-16(12-20-19)31(28,29)23-9-7-22(2)8-10-23/h3-6,11-12H,7-10,13H2,1-2H3,(H,21,25). The molecule has 0 aliphatic carbocycles. The van der Waals surface area contributed by atoms with Crippen LogP contribution in [-0.2, 0) is 14.8 Å². The summed E-state index contributed by atoms with van der Waals surface area (Å²) in [4.78, 5) is 28.9. The number of nitrogens with one attached hydrogen (secondary N) is 1. The van der Waals surface area contributed by atoms with Gasteiger partial charge in [0.1, 0.15) is 4.90 Å². The number of rotatable bonds is 7. The Bertz CT molecular complexity index is 1070. The number of pyridine rings is 1. The lowest BCUT2D eigenvalue weighted by Crippen LogP contribution is -2.47. The lowest BCUT2D eigenvalue weighted by atomic mass is 10.2. The number of sulfonamides is 1. The summed E-state index contributed by atoms with van der Waals surface area (Å²) >= 11 is 1.17. The highest BCUT2D eigenvalue weighted by molar-refractivity contribution is 7.99. The number of anilines is 1. The number of hydrogen-bond donors (Lipinski definition) is 1. The molecule has 1 aliphatic heterocycles. The molecule has 0 bridgehead atoms. The largest absolute Gasteiger partial charge is 0.325 e. The highest BCUT2D eigenvalue weighted by atomic mass is 32.2. The molecule has 1 N–H and O–H groups in total. The van der Waals surface area contributed by atoms with Gasteiger partial charge in [-0.3, -0.25) is 14.9 Å². The van der Waals surface area contributed by atoms with Crippen molar-refractivity contribution in [2.45, 2.75) is 16.8 Å². The molecule has 0 saturated carbocycles. The Hall–Kier alpha value is -2.54. The van der Waals surface area contributed by atoms with E-state index in [0.717, 1.165) is 0 Å². The third-order valence-corrected chi connectivity index (χ3v) is 7.68. The van der Waals surface area contributed by atoms with E-state index < -0.39 is 14.9 Å². The molecule has 1 aromatic carbocycles. The normalized spacial score (nSPS) is 15.5. The summed E-state index contributed by atoms with van der Waals surface area (Å²) in [6, 6.07) is 7.30. The minimum absolute atomic E-state index is 0.0410. The second kappa shape index (κ2) is 9.73. The first kappa shape index (κ1) is 23.1. The zero-order chi connectivity index (χ0) is 22.6. The highest BCUT2D eigenvalue weighted by Gasteiger charge is 2.27. The predicted octanol–water partition coefficient (Wildman–Crippen LogP) is 1.97. The van der Waals surface area contributed by atoms with Crippen LogP contribution in [0.2, 0.25) is 0 Å². The summed E-state index contributed by atoms with van der Waals surface area (Å²) in [7, 11) is -1.63. The van der Waals surface area contributed by atoms with Crippen molar-refractivity contribution in [2.24, 2.45) is 0 Å². The first-order valence-corrected chi connectivity index (χ1v) is 11.9. The molecule has 0 unspecified atom stereocenters. The molecule has 31 heavy (non-hydrogen) atoms. The number of nitrogens with zero attached hydrogens (tertiary/aromatic N) is 4. The highest BCUT2D eigenvalue weighted by Crippen LogP contribution is 2.23. The molecule has 1 fully saturated rings. The maximum absolute atomic E-state index is 12.7. The number of carbonyl (C=O) groups is 1. The molecule has 0 radical (unpaired) electrons. The molecule has 3 rings (SSSR count). The fourth-order valence-corrected chi connectivity index (χ4v) is 5.02. The van der Waals surface area contributed by atoms with E-state index in [0.29, 0.717) is 42.5 Å². The lowest BCUT2D eigenvalue weighted by molar-refractivity contribution is -0.384. The van der Waals surface area contributed by atoms with Crippen LogP contribution in [0.25, 0.3) is 0 Å². The van der Waals surface area contributed by atoms with E-state index in [9.17, 15) is 23.3 Å². The van der Waals surface area contributed by atoms with Crippen LogP contribution in [0.1, 0.15) is 5.56 Å². The van der Waals surface area contributed by atoms with Gasteiger partial charge in [-0.25, -0.2) is 13.4 Å². The van der Waals surface area contributed by atoms with Crippen LogP contribution in [0.5, 0.6) is 0 Å². The van der Waals surface area contributed by atoms with Crippen LogP contribution in [0.3, 0.4) is 0 Å². The van der Waals surface area contributed by atoms with E-state index in [2.05, 4.69) is 15.2 Å². The minimum atomic E-state index is -3.58. The Balaban J connectivity index is 1.56. The summed E-state index contributed by atoms with van der Waals surface area (Å²) in [6.45, 7) is 3.93. The Morgan fingerprint density at radius 2 is 1.94 bits per heavy atom. The fourth-order valence-electron chi connectivity index (χ4n) is 3.01. The van der Waals surface area contributed by atoms with Crippen molar-refractivity contribution < 1.29 is 18.1 Å². The monoisotopic (exact) mass is 465 g/mol. The van der Waals surface area contributed by atoms with Gasteiger partial charge in [0.25, 0.3) is 5.69 Å². The smallest absolute Gasteiger partial charge is 0.269 e. The first-order valence-electron chi connectivity index (χ1n) is 9.49. The third-order valence-electron chi connectivity index (χ3n) is 4.86. The maximum atomic E-state index is 12.7. The van der Waals surface area contributed by atoms with Crippen LogP contribution in [0, 0.1) is 17.0 Å². The number of aryl methyl sites for hydroxylation is 1. The van der Waals surface area contributed by atoms with Crippen molar-refractivity contribution in [3.63, 3.8) is 0 Å². The van der Waals surface area contributed by atoms with Crippen LogP contribution in [0.4, 0.5) is 11.4 Å². The summed E-state index contributed by atoms with van der Waals surface area (Å²) in [5.74, 6) is -0.230. The molecule has 2 aromatic rings. The molecule has 1 aromatic heterocycles. The second-order valence-corrected chi connectivity index (χ2v) is 10.1. The van der Waals surface area contributed by atoms with Crippen LogP contribution >= 0.6 is 11.8 Å². The molecule has 1 aliphatic rings. The van der Waals surface area contributed by atoms with Gasteiger partial charge >= 0.3 is 0 Å². The summed E-state index contributed by atoms with van der Waals surface area (Å²) in [6.07, 6.45) is 1.31. The Morgan fingerprint density at radius 3 is 2.52 bits per heavy atom. The van der Waals surface area contributed by atoms with Crippen molar-refractivity contribution in [1.82, 2.24) is 14.2 Å². The number of aromatic nitrogens is 1. The Kier molecular flexibility index (Phi) is 7.26. The molecule has 0 atom stereocenters. The topological polar surface area (TPSA) is 126 Å². The molecule has 2 heterocycles. The predicted molar refractivity (Wildman–Crippen MR) is 118 cm³/mol. The number of benzene rings is 1. The lowest BCUT2D eigenvalue weighted by Gasteiger charge is -2.31. The maximum Gasteiger partial charge on any atom is 0.269 e. The van der Waals surface area contributed by atoms with E-state index in [1.165, 1.54) is 46.5 Å². The van der Waals surface area contributed by atoms with Gasteiger partial charge in [-0.05, 0) is 37.7 Å². The van der Waals surface area contributed by atoms with Gasteiger partial charge < -0.3 is 10.2 Å². The zero-order valence-corrected chi connectivity index (χ0v) is 18.8. The molecule has 0 spiro atoms. The van der Waals surface area contributed by atoms with Gasteiger partial charge in [0, 0.05) is 50.2 Å². The number of thioether (sulfide) groups is 1. The van der Waals surface area contributed by atoms with E-state index in [1.807, 2.05) is 7.05 Å². The third kappa shape index (κ3) is 5.79. The van der Waals surface area contributed by atoms with Crippen molar-refractivity contribution in [3.05, 3.63) is 52.2 Å². The van der Waals surface area contributed by atoms with Gasteiger partial charge in [-0.2, -0.15) is 4.31 Å². The number of nitro benzene ring substituents is 1. The van der Waals surface area contributed by atoms with Crippen molar-refractivity contribution in [2.75, 3.05) is 44.3 Å². The molecular formula is C19H23N5O5S2. The van der Waals surface area contributed by atoms with Crippen molar-refractivity contribution in [3.8, 4) is 0 Å². The Morgan fingerprint density at radius 1 is 1.23 bits per heavy atom. The second-order valence-electron chi connectivity index (χ2n) is 7.13. The number of carbonyl (C=O) groups excluding carboxylic acids is 1. The summed E-state index contributed by atoms with van der Waals surface area (Å²) in [5.41, 5.74) is 1.04. The van der Waals surface area contributed by atoms with Gasteiger partial charge in [-0.1, -0.05) is 11.8 Å². The fraction of sp³-hybridized carbons (Fsp3) is 0.368. The molecule has 1 amide bonds. The van der Waals surface area contributed by atoms with Crippen molar-refractivity contribution in [1.29, 1.82) is 0 Å². The molecule has 10 nitrogen and oxygen atoms in total. The average molecular weight is 466 g/mol. The molecular weight excluding hydrogens is 442 g/mol. The van der Waals surface area contributed by atoms with Gasteiger partial charge in [-0.15, -0.1) is 0 Å².